The van der Waals surface area contributed by atoms with Gasteiger partial charge in [0.05, 0.1) is 17.4 Å². The van der Waals surface area contributed by atoms with E-state index < -0.39 is 27.7 Å². The molecule has 0 aromatic heterocycles. The van der Waals surface area contributed by atoms with Gasteiger partial charge in [0.15, 0.2) is 0 Å². The van der Waals surface area contributed by atoms with Crippen molar-refractivity contribution in [3.8, 4) is 0 Å². The van der Waals surface area contributed by atoms with Crippen LogP contribution in [-0.4, -0.2) is 67.3 Å². The topological polar surface area (TPSA) is 104 Å². The van der Waals surface area contributed by atoms with Gasteiger partial charge in [0.2, 0.25) is 15.9 Å². The molecule has 1 aromatic carbocycles. The molecule has 2 aliphatic heterocycles. The molecule has 2 heterocycles. The van der Waals surface area contributed by atoms with Crippen molar-refractivity contribution in [1.82, 2.24) is 14.5 Å². The Morgan fingerprint density at radius 3 is 2.36 bits per heavy atom. The van der Waals surface area contributed by atoms with Gasteiger partial charge in [-0.3, -0.25) is 19.3 Å². The number of nitrogens with zero attached hydrogens (tertiary/aromatic N) is 2. The maximum atomic E-state index is 12.3. The molecule has 134 valence electrons. The second-order valence-corrected chi connectivity index (χ2v) is 8.25. The standard InChI is InChI=1S/C16H19N3O5S/c1-25(23,24)18-8-4-5-11(9-18)17-14(20)10-19-15(21)12-6-2-3-7-13(12)16(19)22/h2-3,6-7,11H,4-5,8-10H2,1H3,(H,17,20). The predicted octanol–water partition coefficient (Wildman–Crippen LogP) is -0.177. The third-order valence-electron chi connectivity index (χ3n) is 4.40. The number of hydrogen-bond acceptors (Lipinski definition) is 5. The van der Waals surface area contributed by atoms with E-state index in [-0.39, 0.29) is 19.1 Å². The average molecular weight is 365 g/mol. The molecule has 1 aromatic rings. The van der Waals surface area contributed by atoms with Crippen molar-refractivity contribution in [3.63, 3.8) is 0 Å². The van der Waals surface area contributed by atoms with Crippen LogP contribution in [0.3, 0.4) is 0 Å². The number of amides is 3. The number of sulfonamides is 1. The Bertz CT molecular complexity index is 801. The number of nitrogens with one attached hydrogen (secondary N) is 1. The first-order chi connectivity index (χ1) is 11.8. The van der Waals surface area contributed by atoms with Crippen molar-refractivity contribution in [2.75, 3.05) is 25.9 Å². The fourth-order valence-corrected chi connectivity index (χ4v) is 4.07. The maximum absolute atomic E-state index is 12.3. The molecule has 1 fully saturated rings. The van der Waals surface area contributed by atoms with E-state index in [4.69, 9.17) is 0 Å². The molecule has 0 radical (unpaired) electrons. The molecule has 3 rings (SSSR count). The highest BCUT2D eigenvalue weighted by atomic mass is 32.2. The molecule has 1 atom stereocenters. The number of imide groups is 1. The summed E-state index contributed by atoms with van der Waals surface area (Å²) in [6.45, 7) is 0.262. The number of piperidine rings is 1. The Kier molecular flexibility index (Phi) is 4.61. The zero-order valence-corrected chi connectivity index (χ0v) is 14.6. The Balaban J connectivity index is 1.62. The third-order valence-corrected chi connectivity index (χ3v) is 5.67. The summed E-state index contributed by atoms with van der Waals surface area (Å²) in [5.74, 6) is -1.45. The lowest BCUT2D eigenvalue weighted by Crippen LogP contribution is -2.51. The van der Waals surface area contributed by atoms with Crippen LogP contribution in [-0.2, 0) is 14.8 Å². The number of benzene rings is 1. The second kappa shape index (κ2) is 6.57. The maximum Gasteiger partial charge on any atom is 0.262 e. The molecular formula is C16H19N3O5S. The molecule has 0 aliphatic carbocycles. The van der Waals surface area contributed by atoms with Crippen LogP contribution >= 0.6 is 0 Å². The molecule has 9 heteroatoms. The Morgan fingerprint density at radius 2 is 1.80 bits per heavy atom. The van der Waals surface area contributed by atoms with E-state index in [1.54, 1.807) is 24.3 Å². The van der Waals surface area contributed by atoms with Gasteiger partial charge in [-0.25, -0.2) is 12.7 Å². The Hall–Kier alpha value is -2.26. The quantitative estimate of drug-likeness (QED) is 0.746. The first-order valence-electron chi connectivity index (χ1n) is 7.97. The monoisotopic (exact) mass is 365 g/mol. The van der Waals surface area contributed by atoms with Crippen LogP contribution in [0, 0.1) is 0 Å². The van der Waals surface area contributed by atoms with E-state index in [0.29, 0.717) is 30.5 Å². The van der Waals surface area contributed by atoms with E-state index in [1.807, 2.05) is 0 Å². The Labute approximate surface area is 145 Å². The largest absolute Gasteiger partial charge is 0.350 e. The highest BCUT2D eigenvalue weighted by molar-refractivity contribution is 7.88. The summed E-state index contributed by atoms with van der Waals surface area (Å²) in [4.78, 5) is 37.7. The molecule has 8 nitrogen and oxygen atoms in total. The van der Waals surface area contributed by atoms with Crippen molar-refractivity contribution >= 4 is 27.7 Å². The lowest BCUT2D eigenvalue weighted by molar-refractivity contribution is -0.122. The zero-order valence-electron chi connectivity index (χ0n) is 13.8. The van der Waals surface area contributed by atoms with Gasteiger partial charge < -0.3 is 5.32 Å². The van der Waals surface area contributed by atoms with Gasteiger partial charge >= 0.3 is 0 Å². The van der Waals surface area contributed by atoms with Gasteiger partial charge in [-0.2, -0.15) is 0 Å². The molecular weight excluding hydrogens is 346 g/mol. The first kappa shape index (κ1) is 17.6. The summed E-state index contributed by atoms with van der Waals surface area (Å²) < 4.78 is 24.6. The summed E-state index contributed by atoms with van der Waals surface area (Å²) in [5.41, 5.74) is 0.586. The highest BCUT2D eigenvalue weighted by Crippen LogP contribution is 2.22. The summed E-state index contributed by atoms with van der Waals surface area (Å²) in [5, 5.41) is 2.72. The van der Waals surface area contributed by atoms with Gasteiger partial charge in [-0.15, -0.1) is 0 Å². The zero-order chi connectivity index (χ0) is 18.2. The molecule has 1 unspecified atom stereocenters. The van der Waals surface area contributed by atoms with Crippen LogP contribution in [0.25, 0.3) is 0 Å². The van der Waals surface area contributed by atoms with Crippen LogP contribution < -0.4 is 5.32 Å². The van der Waals surface area contributed by atoms with E-state index in [0.717, 1.165) is 11.2 Å². The molecule has 0 bridgehead atoms. The van der Waals surface area contributed by atoms with Crippen molar-refractivity contribution in [2.24, 2.45) is 0 Å². The number of carbonyl (C=O) groups excluding carboxylic acids is 3. The lowest BCUT2D eigenvalue weighted by Gasteiger charge is -2.31. The highest BCUT2D eigenvalue weighted by Gasteiger charge is 2.36. The lowest BCUT2D eigenvalue weighted by atomic mass is 10.1. The fraction of sp³-hybridized carbons (Fsp3) is 0.438. The van der Waals surface area contributed by atoms with Crippen molar-refractivity contribution in [1.29, 1.82) is 0 Å². The van der Waals surface area contributed by atoms with Crippen LogP contribution in [0.1, 0.15) is 33.6 Å². The number of rotatable bonds is 4. The van der Waals surface area contributed by atoms with E-state index in [1.165, 1.54) is 4.31 Å². The van der Waals surface area contributed by atoms with E-state index in [9.17, 15) is 22.8 Å². The third kappa shape index (κ3) is 3.57. The number of fused-ring (bicyclic) bond motifs is 1. The van der Waals surface area contributed by atoms with Crippen molar-refractivity contribution in [2.45, 2.75) is 18.9 Å². The SMILES string of the molecule is CS(=O)(=O)N1CCCC(NC(=O)CN2C(=O)c3ccccc3C2=O)C1. The number of carbonyl (C=O) groups is 3. The Morgan fingerprint density at radius 1 is 1.20 bits per heavy atom. The van der Waals surface area contributed by atoms with Crippen LogP contribution in [0.15, 0.2) is 24.3 Å². The van der Waals surface area contributed by atoms with Gasteiger partial charge in [0.25, 0.3) is 11.8 Å². The van der Waals surface area contributed by atoms with E-state index in [2.05, 4.69) is 5.32 Å². The van der Waals surface area contributed by atoms with Crippen molar-refractivity contribution in [3.05, 3.63) is 35.4 Å². The normalized spacial score (nSPS) is 21.3. The number of hydrogen-bond donors (Lipinski definition) is 1. The summed E-state index contributed by atoms with van der Waals surface area (Å²) in [6, 6.07) is 6.10. The molecule has 0 spiro atoms. The summed E-state index contributed by atoms with van der Waals surface area (Å²) >= 11 is 0. The van der Waals surface area contributed by atoms with Gasteiger partial charge in [-0.1, -0.05) is 12.1 Å². The van der Waals surface area contributed by atoms with E-state index >= 15 is 0 Å². The van der Waals surface area contributed by atoms with Crippen LogP contribution in [0.5, 0.6) is 0 Å². The predicted molar refractivity (Wildman–Crippen MR) is 89.4 cm³/mol. The molecule has 1 N–H and O–H groups in total. The molecule has 3 amide bonds. The average Bonchev–Trinajstić information content (AvgIpc) is 2.80. The minimum absolute atomic E-state index is 0.201. The molecule has 1 saturated heterocycles. The summed E-state index contributed by atoms with van der Waals surface area (Å²) in [6.07, 6.45) is 2.43. The minimum Gasteiger partial charge on any atom is -0.350 e. The summed E-state index contributed by atoms with van der Waals surface area (Å²) in [7, 11) is -3.31. The molecule has 2 aliphatic rings. The first-order valence-corrected chi connectivity index (χ1v) is 9.82. The second-order valence-electron chi connectivity index (χ2n) is 6.27. The smallest absolute Gasteiger partial charge is 0.262 e. The van der Waals surface area contributed by atoms with Gasteiger partial charge in [0, 0.05) is 19.1 Å². The van der Waals surface area contributed by atoms with Gasteiger partial charge in [0.1, 0.15) is 6.54 Å². The van der Waals surface area contributed by atoms with Gasteiger partial charge in [-0.05, 0) is 25.0 Å². The van der Waals surface area contributed by atoms with Crippen LogP contribution in [0.4, 0.5) is 0 Å². The fourth-order valence-electron chi connectivity index (χ4n) is 3.16. The van der Waals surface area contributed by atoms with Crippen molar-refractivity contribution < 1.29 is 22.8 Å². The molecule has 25 heavy (non-hydrogen) atoms. The minimum atomic E-state index is -3.31. The molecule has 0 saturated carbocycles. The van der Waals surface area contributed by atoms with Crippen LogP contribution in [0.2, 0.25) is 0 Å².